The minimum atomic E-state index is 0. The summed E-state index contributed by atoms with van der Waals surface area (Å²) in [6, 6.07) is 26.2. The Labute approximate surface area is 230 Å². The second-order valence-corrected chi connectivity index (χ2v) is 9.23. The molecule has 6 heteroatoms. The zero-order chi connectivity index (χ0) is 25.2. The van der Waals surface area contributed by atoms with Crippen LogP contribution in [0.25, 0.3) is 33.3 Å². The van der Waals surface area contributed by atoms with Crippen molar-refractivity contribution in [3.05, 3.63) is 102 Å². The van der Waals surface area contributed by atoms with E-state index >= 15 is 0 Å². The Hall–Kier alpha value is -3.69. The van der Waals surface area contributed by atoms with Crippen molar-refractivity contribution in [2.75, 3.05) is 0 Å². The maximum absolute atomic E-state index is 5.92. The molecule has 187 valence electrons. The largest absolute Gasteiger partial charge is 0.495 e. The van der Waals surface area contributed by atoms with E-state index in [1.54, 1.807) is 6.20 Å². The third kappa shape index (κ3) is 5.52. The summed E-state index contributed by atoms with van der Waals surface area (Å²) < 4.78 is 9.84. The molecule has 2 aromatic carbocycles. The van der Waals surface area contributed by atoms with Crippen LogP contribution in [-0.4, -0.2) is 31.2 Å². The molecule has 1 aliphatic heterocycles. The van der Waals surface area contributed by atoms with E-state index in [4.69, 9.17) is 4.42 Å². The van der Waals surface area contributed by atoms with E-state index < -0.39 is 0 Å². The molecule has 0 unspecified atom stereocenters. The summed E-state index contributed by atoms with van der Waals surface area (Å²) >= 11 is 0. The maximum atomic E-state index is 5.92. The molecule has 4 heterocycles. The first kappa shape index (κ1) is 26.4. The minimum Gasteiger partial charge on any atom is -0.495 e. The van der Waals surface area contributed by atoms with Crippen LogP contribution < -0.4 is 0 Å². The number of aromatic nitrogens is 2. The van der Waals surface area contributed by atoms with Crippen molar-refractivity contribution >= 4 is 33.8 Å². The van der Waals surface area contributed by atoms with Crippen molar-refractivity contribution < 1.29 is 33.7 Å². The summed E-state index contributed by atoms with van der Waals surface area (Å²) in [4.78, 5) is 8.69. The predicted molar refractivity (Wildman–Crippen MR) is 143 cm³/mol. The summed E-state index contributed by atoms with van der Waals surface area (Å²) in [5.41, 5.74) is 8.07. The molecule has 0 spiro atoms. The number of fused-ring (bicyclic) bond motifs is 3. The average molecular weight is 665 g/mol. The van der Waals surface area contributed by atoms with Gasteiger partial charge in [0, 0.05) is 37.9 Å². The Morgan fingerprint density at radius 2 is 1.78 bits per heavy atom. The van der Waals surface area contributed by atoms with Gasteiger partial charge in [0.05, 0.1) is 5.58 Å². The van der Waals surface area contributed by atoms with Crippen LogP contribution in [0.15, 0.2) is 77.7 Å². The van der Waals surface area contributed by atoms with Crippen LogP contribution in [0.5, 0.6) is 0 Å². The number of hydrogen-bond donors (Lipinski definition) is 0. The number of pyridine rings is 2. The van der Waals surface area contributed by atoms with Gasteiger partial charge >= 0.3 is 6.01 Å². The second kappa shape index (κ2) is 11.1. The van der Waals surface area contributed by atoms with Gasteiger partial charge < -0.3 is 9.40 Å². The fourth-order valence-electron chi connectivity index (χ4n) is 3.92. The van der Waals surface area contributed by atoms with Gasteiger partial charge in [0.25, 0.3) is 6.20 Å². The van der Waals surface area contributed by atoms with Gasteiger partial charge in [0.2, 0.25) is 11.9 Å². The Balaban J connectivity index is 0.000000178. The van der Waals surface area contributed by atoms with E-state index in [1.807, 2.05) is 58.1 Å². The van der Waals surface area contributed by atoms with Crippen LogP contribution in [-0.2, 0) is 20.1 Å². The van der Waals surface area contributed by atoms with Crippen molar-refractivity contribution in [1.29, 1.82) is 0 Å². The molecule has 1 radical (unpaired) electrons. The molecule has 1 aliphatic rings. The molecule has 0 saturated carbocycles. The zero-order valence-corrected chi connectivity index (χ0v) is 23.9. The number of aryl methyl sites for hydroxylation is 3. The monoisotopic (exact) mass is 665 g/mol. The van der Waals surface area contributed by atoms with Gasteiger partial charge in [-0.15, -0.1) is 41.5 Å². The first-order valence-corrected chi connectivity index (χ1v) is 12.0. The molecule has 0 fully saturated rings. The Kier molecular flexibility index (Phi) is 7.94. The molecule has 6 rings (SSSR count). The van der Waals surface area contributed by atoms with Gasteiger partial charge in [-0.1, -0.05) is 33.1 Å². The third-order valence-corrected chi connectivity index (χ3v) is 6.20. The van der Waals surface area contributed by atoms with Crippen molar-refractivity contribution in [2.24, 2.45) is 0 Å². The molecule has 0 aliphatic carbocycles. The van der Waals surface area contributed by atoms with Gasteiger partial charge in [-0.2, -0.15) is 12.1 Å². The first-order valence-electron chi connectivity index (χ1n) is 12.0. The molecular weight excluding hydrogens is 637 g/mol. The van der Waals surface area contributed by atoms with Crippen LogP contribution in [0.3, 0.4) is 0 Å². The topological polar surface area (TPSA) is 44.9 Å². The molecule has 5 nitrogen and oxygen atoms in total. The maximum Gasteiger partial charge on any atom is 0.493 e. The standard InChI is InChI=1S/C17H14N3O.C14H14N.Ir/c1-12(2)19-9-10-20(11-19)15-7-3-5-13-14-6-4-8-18-17(14)21-16(13)15;1-10-4-6-13(7-5-10)14-8-11(2)12(3)9-15-14;/h3-6,8-10,12H,1-2H3;4-6,8-9H,1-3H3;/q+1;-1;. The number of furan rings is 1. The quantitative estimate of drug-likeness (QED) is 0.155. The van der Waals surface area contributed by atoms with Crippen molar-refractivity contribution in [1.82, 2.24) is 9.97 Å². The molecule has 0 atom stereocenters. The molecule has 0 saturated heterocycles. The zero-order valence-electron chi connectivity index (χ0n) is 21.5. The summed E-state index contributed by atoms with van der Waals surface area (Å²) in [5, 5.41) is 2.07. The number of rotatable bonds is 3. The normalized spacial score (nSPS) is 12.3. The molecule has 37 heavy (non-hydrogen) atoms. The summed E-state index contributed by atoms with van der Waals surface area (Å²) in [6.07, 6.45) is 7.62. The van der Waals surface area contributed by atoms with Crippen molar-refractivity contribution in [3.8, 4) is 11.3 Å². The number of benzene rings is 2. The van der Waals surface area contributed by atoms with Crippen molar-refractivity contribution in [3.63, 3.8) is 0 Å². The SMILES string of the molecule is CC(C)[N+]1=C=[N+](c2[c-]ccc3c2oc2ncccc23)C=C1.Cc1c[c-]c(-c2cc(C)c(C)cn2)cc1.[Ir]. The number of hydrogen-bond acceptors (Lipinski definition) is 3. The molecule has 0 bridgehead atoms. The molecular formula is C31H28IrN4O. The van der Waals surface area contributed by atoms with Crippen LogP contribution >= 0.6 is 0 Å². The fraction of sp³-hybridized carbons (Fsp3) is 0.194. The second-order valence-electron chi connectivity index (χ2n) is 9.23. The van der Waals surface area contributed by atoms with Gasteiger partial charge in [0.15, 0.2) is 11.7 Å². The van der Waals surface area contributed by atoms with Crippen LogP contribution in [0.1, 0.15) is 30.5 Å². The summed E-state index contributed by atoms with van der Waals surface area (Å²) in [5.74, 6) is 0. The van der Waals surface area contributed by atoms with E-state index in [1.165, 1.54) is 16.7 Å². The third-order valence-electron chi connectivity index (χ3n) is 6.20. The van der Waals surface area contributed by atoms with E-state index in [0.717, 1.165) is 33.3 Å². The van der Waals surface area contributed by atoms with Crippen LogP contribution in [0.2, 0.25) is 0 Å². The smallest absolute Gasteiger partial charge is 0.493 e. The van der Waals surface area contributed by atoms with Crippen molar-refractivity contribution in [2.45, 2.75) is 40.7 Å². The summed E-state index contributed by atoms with van der Waals surface area (Å²) in [7, 11) is 0. The molecule has 5 aromatic rings. The summed E-state index contributed by atoms with van der Waals surface area (Å²) in [6.45, 7) is 10.5. The average Bonchev–Trinajstić information content (AvgIpc) is 3.52. The van der Waals surface area contributed by atoms with Crippen LogP contribution in [0.4, 0.5) is 5.69 Å². The van der Waals surface area contributed by atoms with E-state index in [-0.39, 0.29) is 20.1 Å². The van der Waals surface area contributed by atoms with E-state index in [0.29, 0.717) is 11.8 Å². The molecule has 0 N–H and O–H groups in total. The predicted octanol–water partition coefficient (Wildman–Crippen LogP) is 6.98. The van der Waals surface area contributed by atoms with E-state index in [9.17, 15) is 0 Å². The minimum absolute atomic E-state index is 0. The Morgan fingerprint density at radius 3 is 2.49 bits per heavy atom. The first-order chi connectivity index (χ1) is 17.4. The Morgan fingerprint density at radius 1 is 0.946 bits per heavy atom. The molecule has 0 amide bonds. The number of nitrogens with zero attached hydrogens (tertiary/aromatic N) is 4. The van der Waals surface area contributed by atoms with E-state index in [2.05, 4.69) is 80.9 Å². The molecule has 3 aromatic heterocycles. The fourth-order valence-corrected chi connectivity index (χ4v) is 3.92. The Bertz CT molecular complexity index is 1670. The van der Waals surface area contributed by atoms with Gasteiger partial charge in [0.1, 0.15) is 0 Å². The van der Waals surface area contributed by atoms with Gasteiger partial charge in [-0.25, -0.2) is 4.98 Å². The van der Waals surface area contributed by atoms with Gasteiger partial charge in [-0.05, 0) is 51.1 Å². The van der Waals surface area contributed by atoms with Gasteiger partial charge in [-0.3, -0.25) is 0 Å². The van der Waals surface area contributed by atoms with Crippen LogP contribution in [0, 0.1) is 32.9 Å².